The summed E-state index contributed by atoms with van der Waals surface area (Å²) in [6, 6.07) is 4.09. The highest BCUT2D eigenvalue weighted by Gasteiger charge is 2.22. The Morgan fingerprint density at radius 3 is 2.84 bits per heavy atom. The van der Waals surface area contributed by atoms with Gasteiger partial charge in [-0.3, -0.25) is 0 Å². The maximum atomic E-state index is 12.2. The van der Waals surface area contributed by atoms with Crippen molar-refractivity contribution >= 4 is 21.6 Å². The van der Waals surface area contributed by atoms with Gasteiger partial charge >= 0.3 is 0 Å². The summed E-state index contributed by atoms with van der Waals surface area (Å²) in [6.07, 6.45) is 1.61. The molecule has 1 aliphatic heterocycles. The van der Waals surface area contributed by atoms with E-state index in [4.69, 9.17) is 21.4 Å². The van der Waals surface area contributed by atoms with E-state index in [0.29, 0.717) is 18.8 Å². The summed E-state index contributed by atoms with van der Waals surface area (Å²) in [5, 5.41) is 9.25. The van der Waals surface area contributed by atoms with E-state index in [1.165, 1.54) is 18.2 Å². The molecule has 0 aliphatic carbocycles. The van der Waals surface area contributed by atoms with Gasteiger partial charge in [-0.05, 0) is 30.5 Å². The minimum atomic E-state index is -3.60. The average molecular weight is 306 g/mol. The number of hydrogen-bond acceptors (Lipinski definition) is 4. The van der Waals surface area contributed by atoms with Crippen LogP contribution in [0.2, 0.25) is 5.02 Å². The zero-order valence-corrected chi connectivity index (χ0v) is 11.9. The average Bonchev–Trinajstić information content (AvgIpc) is 2.39. The molecular formula is C12H16ClNO4S. The number of halogens is 1. The molecule has 19 heavy (non-hydrogen) atoms. The van der Waals surface area contributed by atoms with E-state index in [-0.39, 0.29) is 22.6 Å². The number of sulfonamides is 1. The third-order valence-corrected chi connectivity index (χ3v) is 4.86. The predicted octanol–water partition coefficient (Wildman–Crippen LogP) is 1.29. The molecule has 7 heteroatoms. The van der Waals surface area contributed by atoms with Crippen molar-refractivity contribution in [2.75, 3.05) is 13.2 Å². The van der Waals surface area contributed by atoms with Gasteiger partial charge in [0.2, 0.25) is 10.0 Å². The molecule has 0 radical (unpaired) electrons. The lowest BCUT2D eigenvalue weighted by Crippen LogP contribution is -2.40. The second-order valence-corrected chi connectivity index (χ2v) is 6.57. The third-order valence-electron chi connectivity index (χ3n) is 2.99. The van der Waals surface area contributed by atoms with Crippen LogP contribution >= 0.6 is 11.6 Å². The molecule has 1 fully saturated rings. The van der Waals surface area contributed by atoms with E-state index < -0.39 is 10.0 Å². The van der Waals surface area contributed by atoms with Crippen LogP contribution in [0.5, 0.6) is 0 Å². The van der Waals surface area contributed by atoms with Crippen molar-refractivity contribution < 1.29 is 18.3 Å². The van der Waals surface area contributed by atoms with Crippen LogP contribution in [-0.4, -0.2) is 32.8 Å². The van der Waals surface area contributed by atoms with Gasteiger partial charge in [-0.25, -0.2) is 13.1 Å². The minimum absolute atomic E-state index is 0.0975. The largest absolute Gasteiger partial charge is 0.392 e. The van der Waals surface area contributed by atoms with Crippen molar-refractivity contribution in [2.24, 2.45) is 0 Å². The van der Waals surface area contributed by atoms with Crippen molar-refractivity contribution in [3.05, 3.63) is 28.8 Å². The Kier molecular flexibility index (Phi) is 4.81. The number of nitrogens with one attached hydrogen (secondary N) is 1. The van der Waals surface area contributed by atoms with Crippen LogP contribution in [-0.2, 0) is 21.4 Å². The van der Waals surface area contributed by atoms with Crippen molar-refractivity contribution in [1.82, 2.24) is 4.72 Å². The Morgan fingerprint density at radius 2 is 2.26 bits per heavy atom. The standard InChI is InChI=1S/C12H16ClNO4S/c13-12-6-11(4-3-9(12)7-15)19(16,17)14-10-2-1-5-18-8-10/h3-4,6,10,14-15H,1-2,5,7-8H2. The maximum Gasteiger partial charge on any atom is 0.240 e. The molecule has 1 saturated heterocycles. The summed E-state index contributed by atoms with van der Waals surface area (Å²) in [7, 11) is -3.60. The van der Waals surface area contributed by atoms with Crippen LogP contribution in [0.15, 0.2) is 23.1 Å². The molecule has 0 saturated carbocycles. The summed E-state index contributed by atoms with van der Waals surface area (Å²) in [5.41, 5.74) is 0.501. The molecule has 1 heterocycles. The quantitative estimate of drug-likeness (QED) is 0.879. The van der Waals surface area contributed by atoms with E-state index in [9.17, 15) is 8.42 Å². The number of aliphatic hydroxyl groups excluding tert-OH is 1. The van der Waals surface area contributed by atoms with Gasteiger partial charge in [0, 0.05) is 17.7 Å². The van der Waals surface area contributed by atoms with E-state index in [2.05, 4.69) is 4.72 Å². The van der Waals surface area contributed by atoms with Gasteiger partial charge in [0.1, 0.15) is 0 Å². The first-order valence-corrected chi connectivity index (χ1v) is 7.88. The van der Waals surface area contributed by atoms with E-state index in [1.54, 1.807) is 0 Å². The molecule has 5 nitrogen and oxygen atoms in total. The van der Waals surface area contributed by atoms with Crippen LogP contribution < -0.4 is 4.72 Å². The van der Waals surface area contributed by atoms with Crippen LogP contribution in [0.1, 0.15) is 18.4 Å². The Morgan fingerprint density at radius 1 is 1.47 bits per heavy atom. The van der Waals surface area contributed by atoms with Gasteiger partial charge in [-0.15, -0.1) is 0 Å². The first-order valence-electron chi connectivity index (χ1n) is 6.02. The molecule has 2 rings (SSSR count). The third kappa shape index (κ3) is 3.67. The highest BCUT2D eigenvalue weighted by atomic mass is 35.5. The van der Waals surface area contributed by atoms with Crippen molar-refractivity contribution in [1.29, 1.82) is 0 Å². The van der Waals surface area contributed by atoms with Gasteiger partial charge in [0.25, 0.3) is 0 Å². The predicted molar refractivity (Wildman–Crippen MR) is 71.5 cm³/mol. The minimum Gasteiger partial charge on any atom is -0.392 e. The number of aliphatic hydroxyl groups is 1. The van der Waals surface area contributed by atoms with E-state index in [1.807, 2.05) is 0 Å². The van der Waals surface area contributed by atoms with Crippen LogP contribution in [0.4, 0.5) is 0 Å². The fourth-order valence-electron chi connectivity index (χ4n) is 1.94. The molecule has 1 unspecified atom stereocenters. The second kappa shape index (κ2) is 6.19. The lowest BCUT2D eigenvalue weighted by atomic mass is 10.1. The van der Waals surface area contributed by atoms with Gasteiger partial charge in [-0.1, -0.05) is 17.7 Å². The van der Waals surface area contributed by atoms with E-state index >= 15 is 0 Å². The number of benzene rings is 1. The monoisotopic (exact) mass is 305 g/mol. The van der Waals surface area contributed by atoms with Crippen molar-refractivity contribution in [2.45, 2.75) is 30.4 Å². The maximum absolute atomic E-state index is 12.2. The molecular weight excluding hydrogens is 290 g/mol. The van der Waals surface area contributed by atoms with Gasteiger partial charge in [0.05, 0.1) is 18.1 Å². The van der Waals surface area contributed by atoms with Gasteiger partial charge in [-0.2, -0.15) is 0 Å². The van der Waals surface area contributed by atoms with Gasteiger partial charge in [0.15, 0.2) is 0 Å². The Bertz CT molecular complexity index is 541. The summed E-state index contributed by atoms with van der Waals surface area (Å²) in [5.74, 6) is 0. The molecule has 1 aromatic rings. The van der Waals surface area contributed by atoms with Gasteiger partial charge < -0.3 is 9.84 Å². The SMILES string of the molecule is O=S(=O)(NC1CCCOC1)c1ccc(CO)c(Cl)c1. The summed E-state index contributed by atoms with van der Waals surface area (Å²) in [6.45, 7) is 0.847. The Labute approximate surface area is 117 Å². The number of hydrogen-bond donors (Lipinski definition) is 2. The highest BCUT2D eigenvalue weighted by molar-refractivity contribution is 7.89. The summed E-state index contributed by atoms with van der Waals surface area (Å²) < 4.78 is 32.2. The summed E-state index contributed by atoms with van der Waals surface area (Å²) in [4.78, 5) is 0.0975. The number of rotatable bonds is 4. The molecule has 2 N–H and O–H groups in total. The van der Waals surface area contributed by atoms with Crippen LogP contribution in [0.3, 0.4) is 0 Å². The normalized spacial score (nSPS) is 20.4. The lowest BCUT2D eigenvalue weighted by Gasteiger charge is -2.23. The van der Waals surface area contributed by atoms with Crippen LogP contribution in [0.25, 0.3) is 0 Å². The molecule has 0 amide bonds. The fraction of sp³-hybridized carbons (Fsp3) is 0.500. The molecule has 0 spiro atoms. The van der Waals surface area contributed by atoms with Crippen molar-refractivity contribution in [3.8, 4) is 0 Å². The Balaban J connectivity index is 2.16. The zero-order chi connectivity index (χ0) is 13.9. The topological polar surface area (TPSA) is 75.6 Å². The molecule has 1 aliphatic rings. The molecule has 0 bridgehead atoms. The zero-order valence-electron chi connectivity index (χ0n) is 10.3. The first-order chi connectivity index (χ1) is 9.03. The smallest absolute Gasteiger partial charge is 0.240 e. The summed E-state index contributed by atoms with van der Waals surface area (Å²) >= 11 is 5.90. The first kappa shape index (κ1) is 14.7. The fourth-order valence-corrected chi connectivity index (χ4v) is 3.53. The molecule has 1 aromatic carbocycles. The number of ether oxygens (including phenoxy) is 1. The lowest BCUT2D eigenvalue weighted by molar-refractivity contribution is 0.0774. The van der Waals surface area contributed by atoms with Crippen molar-refractivity contribution in [3.63, 3.8) is 0 Å². The van der Waals surface area contributed by atoms with E-state index in [0.717, 1.165) is 12.8 Å². The second-order valence-electron chi connectivity index (χ2n) is 4.45. The molecule has 106 valence electrons. The molecule has 1 atom stereocenters. The Hall–Kier alpha value is -0.660. The highest BCUT2D eigenvalue weighted by Crippen LogP contribution is 2.21. The molecule has 0 aromatic heterocycles. The van der Waals surface area contributed by atoms with Crippen LogP contribution in [0, 0.1) is 0 Å².